The predicted molar refractivity (Wildman–Crippen MR) is 80.0 cm³/mol. The van der Waals surface area contributed by atoms with Crippen LogP contribution in [0.5, 0.6) is 0 Å². The molecule has 0 unspecified atom stereocenters. The molecule has 0 atom stereocenters. The molecule has 0 saturated carbocycles. The molecule has 0 bridgehead atoms. The number of halogens is 3. The first-order valence-electron chi connectivity index (χ1n) is 6.82. The number of alkyl halides is 3. The lowest BCUT2D eigenvalue weighted by atomic mass is 10.3. The molecule has 2 N–H and O–H groups in total. The Bertz CT molecular complexity index is 468. The van der Waals surface area contributed by atoms with Crippen LogP contribution in [-0.2, 0) is 12.8 Å². The van der Waals surface area contributed by atoms with Crippen molar-refractivity contribution in [2.24, 2.45) is 4.99 Å². The standard InChI is InChI=1S/C13H21F3N4S/c1-4-10-9(2)21-11(20-10)5-7-18-12(17-3)19-8-6-13(14,15)16/h4-8H2,1-3H3,(H2,17,18,19). The average molecular weight is 322 g/mol. The molecule has 0 aliphatic rings. The number of aliphatic imine (C=N–C) groups is 1. The lowest BCUT2D eigenvalue weighted by Gasteiger charge is -2.12. The van der Waals surface area contributed by atoms with Crippen LogP contribution >= 0.6 is 11.3 Å². The zero-order chi connectivity index (χ0) is 15.9. The summed E-state index contributed by atoms with van der Waals surface area (Å²) in [4.78, 5) is 9.63. The summed E-state index contributed by atoms with van der Waals surface area (Å²) in [7, 11) is 1.53. The van der Waals surface area contributed by atoms with Crippen LogP contribution in [0.4, 0.5) is 13.2 Å². The topological polar surface area (TPSA) is 49.3 Å². The Balaban J connectivity index is 2.32. The molecule has 1 rings (SSSR count). The van der Waals surface area contributed by atoms with Crippen LogP contribution in [0.25, 0.3) is 0 Å². The summed E-state index contributed by atoms with van der Waals surface area (Å²) in [5, 5.41) is 6.66. The molecule has 1 heterocycles. The molecule has 0 aliphatic heterocycles. The molecular weight excluding hydrogens is 301 g/mol. The summed E-state index contributed by atoms with van der Waals surface area (Å²) < 4.78 is 36.1. The van der Waals surface area contributed by atoms with Crippen molar-refractivity contribution in [3.05, 3.63) is 15.6 Å². The number of hydrogen-bond donors (Lipinski definition) is 2. The largest absolute Gasteiger partial charge is 0.390 e. The second-order valence-electron chi connectivity index (χ2n) is 4.50. The lowest BCUT2D eigenvalue weighted by Crippen LogP contribution is -2.39. The van der Waals surface area contributed by atoms with E-state index >= 15 is 0 Å². The number of thiazole rings is 1. The number of nitrogens with zero attached hydrogens (tertiary/aromatic N) is 2. The quantitative estimate of drug-likeness (QED) is 0.625. The molecular formula is C13H21F3N4S. The minimum Gasteiger partial charge on any atom is -0.356 e. The SMILES string of the molecule is CCc1nc(CCNC(=NC)NCCC(F)(F)F)sc1C. The van der Waals surface area contributed by atoms with E-state index in [4.69, 9.17) is 0 Å². The number of hydrogen-bond acceptors (Lipinski definition) is 3. The number of guanidine groups is 1. The molecule has 0 aromatic carbocycles. The van der Waals surface area contributed by atoms with E-state index in [1.807, 2.05) is 6.92 Å². The van der Waals surface area contributed by atoms with Gasteiger partial charge in [-0.1, -0.05) is 6.92 Å². The van der Waals surface area contributed by atoms with E-state index in [1.54, 1.807) is 11.3 Å². The summed E-state index contributed by atoms with van der Waals surface area (Å²) in [6, 6.07) is 0. The third-order valence-corrected chi connectivity index (χ3v) is 3.90. The molecule has 1 aromatic rings. The fourth-order valence-electron chi connectivity index (χ4n) is 1.75. The van der Waals surface area contributed by atoms with E-state index in [1.165, 1.54) is 11.9 Å². The van der Waals surface area contributed by atoms with Crippen molar-refractivity contribution >= 4 is 17.3 Å². The van der Waals surface area contributed by atoms with Gasteiger partial charge in [-0.05, 0) is 13.3 Å². The van der Waals surface area contributed by atoms with Crippen LogP contribution < -0.4 is 10.6 Å². The number of nitrogens with one attached hydrogen (secondary N) is 2. The van der Waals surface area contributed by atoms with Gasteiger partial charge in [-0.25, -0.2) is 4.98 Å². The van der Waals surface area contributed by atoms with Crippen molar-refractivity contribution in [3.63, 3.8) is 0 Å². The molecule has 0 spiro atoms. The monoisotopic (exact) mass is 322 g/mol. The Morgan fingerprint density at radius 3 is 2.48 bits per heavy atom. The van der Waals surface area contributed by atoms with Crippen LogP contribution in [0.15, 0.2) is 4.99 Å². The molecule has 0 saturated heterocycles. The highest BCUT2D eigenvalue weighted by Gasteiger charge is 2.26. The molecule has 0 amide bonds. The van der Waals surface area contributed by atoms with Crippen molar-refractivity contribution < 1.29 is 13.2 Å². The van der Waals surface area contributed by atoms with Gasteiger partial charge in [-0.3, -0.25) is 4.99 Å². The van der Waals surface area contributed by atoms with E-state index in [9.17, 15) is 13.2 Å². The number of rotatable bonds is 6. The van der Waals surface area contributed by atoms with Crippen molar-refractivity contribution in [1.29, 1.82) is 0 Å². The summed E-state index contributed by atoms with van der Waals surface area (Å²) in [5.74, 6) is 0.378. The third kappa shape index (κ3) is 6.79. The van der Waals surface area contributed by atoms with Crippen LogP contribution in [0.2, 0.25) is 0 Å². The first kappa shape index (κ1) is 17.7. The number of aryl methyl sites for hydroxylation is 2. The van der Waals surface area contributed by atoms with E-state index in [0.29, 0.717) is 12.5 Å². The van der Waals surface area contributed by atoms with E-state index in [-0.39, 0.29) is 6.54 Å². The minimum absolute atomic E-state index is 0.181. The predicted octanol–water partition coefficient (Wildman–Crippen LogP) is 2.67. The highest BCUT2D eigenvalue weighted by Crippen LogP contribution is 2.18. The molecule has 4 nitrogen and oxygen atoms in total. The second-order valence-corrected chi connectivity index (χ2v) is 5.79. The van der Waals surface area contributed by atoms with Gasteiger partial charge in [0.2, 0.25) is 0 Å². The maximum atomic E-state index is 12.0. The summed E-state index contributed by atoms with van der Waals surface area (Å²) in [6.07, 6.45) is -3.39. The van der Waals surface area contributed by atoms with Gasteiger partial charge in [0, 0.05) is 31.4 Å². The fourth-order valence-corrected chi connectivity index (χ4v) is 2.77. The van der Waals surface area contributed by atoms with Gasteiger partial charge in [-0.15, -0.1) is 11.3 Å². The van der Waals surface area contributed by atoms with Crippen LogP contribution in [0.3, 0.4) is 0 Å². The summed E-state index contributed by atoms with van der Waals surface area (Å²) in [6.45, 7) is 4.52. The fraction of sp³-hybridized carbons (Fsp3) is 0.692. The molecule has 1 aromatic heterocycles. The second kappa shape index (κ2) is 8.21. The van der Waals surface area contributed by atoms with Crippen LogP contribution in [-0.4, -0.2) is 37.3 Å². The molecule has 0 fully saturated rings. The molecule has 8 heteroatoms. The number of aromatic nitrogens is 1. The Morgan fingerprint density at radius 1 is 1.29 bits per heavy atom. The van der Waals surface area contributed by atoms with Gasteiger partial charge < -0.3 is 10.6 Å². The van der Waals surface area contributed by atoms with Crippen LogP contribution in [0, 0.1) is 6.92 Å². The van der Waals surface area contributed by atoms with Gasteiger partial charge in [0.25, 0.3) is 0 Å². The van der Waals surface area contributed by atoms with Crippen molar-refractivity contribution in [1.82, 2.24) is 15.6 Å². The van der Waals surface area contributed by atoms with Gasteiger partial charge in [0.1, 0.15) is 0 Å². The van der Waals surface area contributed by atoms with E-state index in [0.717, 1.165) is 23.5 Å². The lowest BCUT2D eigenvalue weighted by molar-refractivity contribution is -0.132. The summed E-state index contributed by atoms with van der Waals surface area (Å²) >= 11 is 1.66. The third-order valence-electron chi connectivity index (χ3n) is 2.83. The Morgan fingerprint density at radius 2 is 1.95 bits per heavy atom. The van der Waals surface area contributed by atoms with Crippen LogP contribution in [0.1, 0.15) is 28.9 Å². The first-order valence-corrected chi connectivity index (χ1v) is 7.63. The van der Waals surface area contributed by atoms with Crippen molar-refractivity contribution in [3.8, 4) is 0 Å². The molecule has 21 heavy (non-hydrogen) atoms. The average Bonchev–Trinajstić information content (AvgIpc) is 2.76. The normalized spacial score (nSPS) is 12.6. The Kier molecular flexibility index (Phi) is 6.94. The van der Waals surface area contributed by atoms with Gasteiger partial charge in [0.15, 0.2) is 5.96 Å². The van der Waals surface area contributed by atoms with Gasteiger partial charge >= 0.3 is 6.18 Å². The van der Waals surface area contributed by atoms with Gasteiger partial charge in [0.05, 0.1) is 17.1 Å². The van der Waals surface area contributed by atoms with Crippen molar-refractivity contribution in [2.45, 2.75) is 39.3 Å². The summed E-state index contributed by atoms with van der Waals surface area (Å²) in [5.41, 5.74) is 1.11. The van der Waals surface area contributed by atoms with E-state index < -0.39 is 12.6 Å². The highest BCUT2D eigenvalue weighted by molar-refractivity contribution is 7.11. The molecule has 0 aliphatic carbocycles. The highest BCUT2D eigenvalue weighted by atomic mass is 32.1. The first-order chi connectivity index (χ1) is 9.85. The molecule has 120 valence electrons. The minimum atomic E-state index is -4.15. The zero-order valence-corrected chi connectivity index (χ0v) is 13.3. The van der Waals surface area contributed by atoms with E-state index in [2.05, 4.69) is 27.5 Å². The maximum Gasteiger partial charge on any atom is 0.390 e. The Hall–Kier alpha value is -1.31. The van der Waals surface area contributed by atoms with Crippen molar-refractivity contribution in [2.75, 3.05) is 20.1 Å². The zero-order valence-electron chi connectivity index (χ0n) is 12.5. The maximum absolute atomic E-state index is 12.0. The van der Waals surface area contributed by atoms with Gasteiger partial charge in [-0.2, -0.15) is 13.2 Å². The Labute approximate surface area is 126 Å². The smallest absolute Gasteiger partial charge is 0.356 e. The molecule has 0 radical (unpaired) electrons.